The summed E-state index contributed by atoms with van der Waals surface area (Å²) in [6.45, 7) is 8.21. The van der Waals surface area contributed by atoms with Gasteiger partial charge in [-0.1, -0.05) is 24.3 Å². The lowest BCUT2D eigenvalue weighted by Gasteiger charge is -2.11. The monoisotopic (exact) mass is 453 g/mol. The molecule has 0 radical (unpaired) electrons. The van der Waals surface area contributed by atoms with E-state index >= 15 is 0 Å². The van der Waals surface area contributed by atoms with Gasteiger partial charge in [-0.2, -0.15) is 0 Å². The van der Waals surface area contributed by atoms with Crippen molar-refractivity contribution in [1.29, 1.82) is 0 Å². The molecular formula is C25H27NO5S. The molecule has 0 spiro atoms. The van der Waals surface area contributed by atoms with Crippen LogP contribution in [0.4, 0.5) is 5.00 Å². The second-order valence-electron chi connectivity index (χ2n) is 7.14. The fourth-order valence-corrected chi connectivity index (χ4v) is 4.11. The molecule has 32 heavy (non-hydrogen) atoms. The largest absolute Gasteiger partial charge is 0.494 e. The number of anilines is 1. The van der Waals surface area contributed by atoms with Crippen LogP contribution in [0.5, 0.6) is 11.5 Å². The molecule has 0 saturated carbocycles. The highest BCUT2D eigenvalue weighted by molar-refractivity contribution is 7.15. The Bertz CT molecular complexity index is 1090. The summed E-state index contributed by atoms with van der Waals surface area (Å²) in [5, 5.41) is 5.07. The number of carbonyl (C=O) groups excluding carboxylic acids is 2. The van der Waals surface area contributed by atoms with Crippen molar-refractivity contribution in [2.45, 2.75) is 27.7 Å². The van der Waals surface area contributed by atoms with Crippen LogP contribution in [-0.4, -0.2) is 31.7 Å². The zero-order chi connectivity index (χ0) is 23.1. The molecule has 1 heterocycles. The van der Waals surface area contributed by atoms with Crippen molar-refractivity contribution in [3.8, 4) is 22.6 Å². The predicted octanol–water partition coefficient (Wildman–Crippen LogP) is 5.62. The van der Waals surface area contributed by atoms with E-state index in [1.165, 1.54) is 11.3 Å². The van der Waals surface area contributed by atoms with Gasteiger partial charge in [-0.3, -0.25) is 4.79 Å². The Hall–Kier alpha value is -3.32. The minimum Gasteiger partial charge on any atom is -0.494 e. The number of esters is 1. The van der Waals surface area contributed by atoms with Crippen LogP contribution in [0.25, 0.3) is 11.1 Å². The molecule has 0 atom stereocenters. The number of amides is 1. The molecule has 7 heteroatoms. The standard InChI is InChI=1S/C25H27NO5S/c1-5-29-19-11-9-18(10-12-19)20-15-32-24(23(20)25(28)30-6-2)26-22(27)14-31-21-13-16(3)7-8-17(21)4/h7-13,15H,5-6,14H2,1-4H3,(H,26,27). The maximum atomic E-state index is 12.7. The summed E-state index contributed by atoms with van der Waals surface area (Å²) in [4.78, 5) is 25.3. The van der Waals surface area contributed by atoms with Crippen molar-refractivity contribution in [1.82, 2.24) is 0 Å². The van der Waals surface area contributed by atoms with Crippen LogP contribution in [0, 0.1) is 13.8 Å². The Balaban J connectivity index is 1.80. The van der Waals surface area contributed by atoms with E-state index in [1.807, 2.05) is 68.6 Å². The van der Waals surface area contributed by atoms with Crippen molar-refractivity contribution in [2.75, 3.05) is 25.1 Å². The van der Waals surface area contributed by atoms with Crippen LogP contribution < -0.4 is 14.8 Å². The SMILES string of the molecule is CCOC(=O)c1c(-c2ccc(OCC)cc2)csc1NC(=O)COc1cc(C)ccc1C. The number of ether oxygens (including phenoxy) is 3. The summed E-state index contributed by atoms with van der Waals surface area (Å²) in [6, 6.07) is 13.3. The molecule has 3 aromatic rings. The number of hydrogen-bond acceptors (Lipinski definition) is 6. The van der Waals surface area contributed by atoms with Gasteiger partial charge in [0, 0.05) is 10.9 Å². The highest BCUT2D eigenvalue weighted by atomic mass is 32.1. The average molecular weight is 454 g/mol. The minimum atomic E-state index is -0.483. The molecule has 1 aromatic heterocycles. The normalized spacial score (nSPS) is 10.5. The number of rotatable bonds is 9. The zero-order valence-electron chi connectivity index (χ0n) is 18.7. The van der Waals surface area contributed by atoms with Crippen LogP contribution in [0.2, 0.25) is 0 Å². The third-order valence-corrected chi connectivity index (χ3v) is 5.60. The molecule has 0 bridgehead atoms. The van der Waals surface area contributed by atoms with Crippen molar-refractivity contribution in [2.24, 2.45) is 0 Å². The van der Waals surface area contributed by atoms with E-state index < -0.39 is 5.97 Å². The predicted molar refractivity (Wildman–Crippen MR) is 127 cm³/mol. The molecule has 1 amide bonds. The number of hydrogen-bond donors (Lipinski definition) is 1. The lowest BCUT2D eigenvalue weighted by atomic mass is 10.0. The van der Waals surface area contributed by atoms with E-state index in [2.05, 4.69) is 5.32 Å². The van der Waals surface area contributed by atoms with Gasteiger partial charge in [-0.25, -0.2) is 4.79 Å². The van der Waals surface area contributed by atoms with Gasteiger partial charge in [0.15, 0.2) is 6.61 Å². The van der Waals surface area contributed by atoms with E-state index in [0.717, 1.165) is 22.4 Å². The topological polar surface area (TPSA) is 73.9 Å². The highest BCUT2D eigenvalue weighted by Crippen LogP contribution is 2.37. The van der Waals surface area contributed by atoms with Gasteiger partial charge in [-0.15, -0.1) is 11.3 Å². The van der Waals surface area contributed by atoms with Crippen LogP contribution in [0.1, 0.15) is 35.3 Å². The smallest absolute Gasteiger partial charge is 0.341 e. The Morgan fingerprint density at radius 3 is 2.41 bits per heavy atom. The Labute approximate surface area is 192 Å². The van der Waals surface area contributed by atoms with Crippen molar-refractivity contribution in [3.63, 3.8) is 0 Å². The molecule has 2 aromatic carbocycles. The van der Waals surface area contributed by atoms with Gasteiger partial charge in [0.05, 0.1) is 13.2 Å². The first kappa shape index (κ1) is 23.3. The maximum Gasteiger partial charge on any atom is 0.341 e. The van der Waals surface area contributed by atoms with E-state index in [1.54, 1.807) is 6.92 Å². The molecule has 0 saturated heterocycles. The molecule has 0 unspecified atom stereocenters. The lowest BCUT2D eigenvalue weighted by Crippen LogP contribution is -2.21. The first-order chi connectivity index (χ1) is 15.4. The maximum absolute atomic E-state index is 12.7. The summed E-state index contributed by atoms with van der Waals surface area (Å²) in [5.41, 5.74) is 3.86. The van der Waals surface area contributed by atoms with E-state index in [-0.39, 0.29) is 19.1 Å². The number of aryl methyl sites for hydroxylation is 2. The zero-order valence-corrected chi connectivity index (χ0v) is 19.5. The molecule has 0 aliphatic rings. The van der Waals surface area contributed by atoms with Crippen molar-refractivity contribution < 1.29 is 23.8 Å². The van der Waals surface area contributed by atoms with E-state index in [4.69, 9.17) is 14.2 Å². The molecular weight excluding hydrogens is 426 g/mol. The van der Waals surface area contributed by atoms with Gasteiger partial charge in [0.25, 0.3) is 5.91 Å². The molecule has 6 nitrogen and oxygen atoms in total. The summed E-state index contributed by atoms with van der Waals surface area (Å²) < 4.78 is 16.4. The molecule has 0 aliphatic heterocycles. The second-order valence-corrected chi connectivity index (χ2v) is 8.02. The number of carbonyl (C=O) groups is 2. The van der Waals surface area contributed by atoms with Crippen LogP contribution in [0.15, 0.2) is 47.8 Å². The molecule has 1 N–H and O–H groups in total. The summed E-state index contributed by atoms with van der Waals surface area (Å²) in [5.74, 6) is 0.577. The minimum absolute atomic E-state index is 0.164. The van der Waals surface area contributed by atoms with E-state index in [9.17, 15) is 9.59 Å². The quantitative estimate of drug-likeness (QED) is 0.425. The highest BCUT2D eigenvalue weighted by Gasteiger charge is 2.23. The molecule has 0 aliphatic carbocycles. The van der Waals surface area contributed by atoms with Gasteiger partial charge in [-0.05, 0) is 62.6 Å². The van der Waals surface area contributed by atoms with Crippen LogP contribution in [0.3, 0.4) is 0 Å². The fraction of sp³-hybridized carbons (Fsp3) is 0.280. The van der Waals surface area contributed by atoms with Crippen molar-refractivity contribution in [3.05, 3.63) is 64.5 Å². The Kier molecular flexibility index (Phi) is 7.89. The second kappa shape index (κ2) is 10.8. The Morgan fingerprint density at radius 1 is 0.969 bits per heavy atom. The number of thiophene rings is 1. The summed E-state index contributed by atoms with van der Waals surface area (Å²) >= 11 is 1.28. The number of benzene rings is 2. The van der Waals surface area contributed by atoms with E-state index in [0.29, 0.717) is 28.5 Å². The van der Waals surface area contributed by atoms with Crippen LogP contribution in [-0.2, 0) is 9.53 Å². The lowest BCUT2D eigenvalue weighted by molar-refractivity contribution is -0.118. The van der Waals surface area contributed by atoms with Gasteiger partial charge >= 0.3 is 5.97 Å². The third-order valence-electron chi connectivity index (χ3n) is 4.70. The van der Waals surface area contributed by atoms with Gasteiger partial charge in [0.1, 0.15) is 22.1 Å². The summed E-state index contributed by atoms with van der Waals surface area (Å²) in [6.07, 6.45) is 0. The summed E-state index contributed by atoms with van der Waals surface area (Å²) in [7, 11) is 0. The first-order valence-electron chi connectivity index (χ1n) is 10.4. The van der Waals surface area contributed by atoms with Crippen molar-refractivity contribution >= 4 is 28.2 Å². The Morgan fingerprint density at radius 2 is 1.72 bits per heavy atom. The van der Waals surface area contributed by atoms with Crippen LogP contribution >= 0.6 is 11.3 Å². The van der Waals surface area contributed by atoms with Gasteiger partial charge < -0.3 is 19.5 Å². The van der Waals surface area contributed by atoms with Gasteiger partial charge in [0.2, 0.25) is 0 Å². The molecule has 168 valence electrons. The molecule has 0 fully saturated rings. The average Bonchev–Trinajstić information content (AvgIpc) is 3.19. The third kappa shape index (κ3) is 5.68. The first-order valence-corrected chi connectivity index (χ1v) is 11.3. The molecule has 3 rings (SSSR count). The number of nitrogens with one attached hydrogen (secondary N) is 1. The fourth-order valence-electron chi connectivity index (χ4n) is 3.13.